The summed E-state index contributed by atoms with van der Waals surface area (Å²) >= 11 is 0. The molecule has 1 aromatic carbocycles. The van der Waals surface area contributed by atoms with Crippen LogP contribution in [0.15, 0.2) is 0 Å². The summed E-state index contributed by atoms with van der Waals surface area (Å²) in [5.41, 5.74) is 1.90. The van der Waals surface area contributed by atoms with E-state index < -0.39 is 0 Å². The maximum atomic E-state index is 9.17. The van der Waals surface area contributed by atoms with Crippen molar-refractivity contribution < 1.29 is 0 Å². The van der Waals surface area contributed by atoms with Crippen LogP contribution in [-0.4, -0.2) is 0 Å². The van der Waals surface area contributed by atoms with Gasteiger partial charge in [0.2, 0.25) is 0 Å². The van der Waals surface area contributed by atoms with Gasteiger partial charge in [-0.3, -0.25) is 0 Å². The molecule has 0 radical (unpaired) electrons. The highest BCUT2D eigenvalue weighted by Crippen LogP contribution is 2.27. The first-order chi connectivity index (χ1) is 8.69. The van der Waals surface area contributed by atoms with Crippen LogP contribution in [0.1, 0.15) is 47.2 Å². The van der Waals surface area contributed by atoms with Gasteiger partial charge in [0.05, 0.1) is 22.3 Å². The molecule has 0 fully saturated rings. The summed E-state index contributed by atoms with van der Waals surface area (Å²) in [6, 6.07) is 7.94. The molecule has 0 bridgehead atoms. The molecule has 0 N–H and O–H groups in total. The van der Waals surface area contributed by atoms with Crippen molar-refractivity contribution in [3.63, 3.8) is 0 Å². The smallest absolute Gasteiger partial charge is 0.101 e. The summed E-state index contributed by atoms with van der Waals surface area (Å²) in [6.45, 7) is 3.59. The summed E-state index contributed by atoms with van der Waals surface area (Å²) in [5.74, 6) is 0. The van der Waals surface area contributed by atoms with Crippen LogP contribution in [0.3, 0.4) is 0 Å². The van der Waals surface area contributed by atoms with Gasteiger partial charge in [0.15, 0.2) is 0 Å². The Labute approximate surface area is 106 Å². The Morgan fingerprint density at radius 2 is 0.833 bits per heavy atom. The summed E-state index contributed by atoms with van der Waals surface area (Å²) in [6.07, 6.45) is 0.887. The molecule has 1 aromatic rings. The molecule has 0 amide bonds. The van der Waals surface area contributed by atoms with Crippen LogP contribution in [0.2, 0.25) is 0 Å². The number of hydrogen-bond acceptors (Lipinski definition) is 4. The molecule has 0 saturated carbocycles. The molecular weight excluding hydrogens is 224 g/mol. The summed E-state index contributed by atoms with van der Waals surface area (Å²) in [4.78, 5) is 0. The first-order valence-electron chi connectivity index (χ1n) is 5.52. The van der Waals surface area contributed by atoms with Crippen molar-refractivity contribution in [1.29, 1.82) is 21.0 Å². The minimum atomic E-state index is 0.229. The van der Waals surface area contributed by atoms with E-state index in [9.17, 15) is 21.0 Å². The molecule has 1 rings (SSSR count). The third kappa shape index (κ3) is 1.78. The van der Waals surface area contributed by atoms with Gasteiger partial charge in [0.1, 0.15) is 24.3 Å². The number of hydrogen-bond donors (Lipinski definition) is 0. The lowest BCUT2D eigenvalue weighted by Crippen LogP contribution is -2.06. The highest BCUT2D eigenvalue weighted by Gasteiger charge is 2.21. The van der Waals surface area contributed by atoms with Gasteiger partial charge in [-0.25, -0.2) is 0 Å². The van der Waals surface area contributed by atoms with Crippen LogP contribution >= 0.6 is 0 Å². The van der Waals surface area contributed by atoms with Gasteiger partial charge in [-0.2, -0.15) is 21.0 Å². The largest absolute Gasteiger partial charge is 0.192 e. The average Bonchev–Trinajstić information content (AvgIpc) is 2.43. The van der Waals surface area contributed by atoms with Crippen molar-refractivity contribution in [3.05, 3.63) is 33.4 Å². The zero-order valence-electron chi connectivity index (χ0n) is 10.2. The minimum absolute atomic E-state index is 0.229. The number of benzene rings is 1. The summed E-state index contributed by atoms with van der Waals surface area (Å²) in [7, 11) is 0. The van der Waals surface area contributed by atoms with Gasteiger partial charge in [-0.15, -0.1) is 0 Å². The second kappa shape index (κ2) is 5.49. The Morgan fingerprint density at radius 1 is 0.611 bits per heavy atom. The number of nitrogens with zero attached hydrogens (tertiary/aromatic N) is 4. The maximum absolute atomic E-state index is 9.17. The lowest BCUT2D eigenvalue weighted by atomic mass is 9.86. The Balaban J connectivity index is 4.03. The van der Waals surface area contributed by atoms with Crippen molar-refractivity contribution in [2.45, 2.75) is 26.7 Å². The van der Waals surface area contributed by atoms with E-state index in [2.05, 4.69) is 0 Å². The first-order valence-corrected chi connectivity index (χ1v) is 5.52. The molecule has 0 spiro atoms. The molecule has 0 aliphatic heterocycles. The summed E-state index contributed by atoms with van der Waals surface area (Å²) < 4.78 is 0. The van der Waals surface area contributed by atoms with E-state index in [4.69, 9.17) is 0 Å². The lowest BCUT2D eigenvalue weighted by molar-refractivity contribution is 1.06. The quantitative estimate of drug-likeness (QED) is 0.784. The molecule has 0 aliphatic carbocycles. The van der Waals surface area contributed by atoms with E-state index in [-0.39, 0.29) is 22.3 Å². The topological polar surface area (TPSA) is 95.2 Å². The summed E-state index contributed by atoms with van der Waals surface area (Å²) in [5, 5.41) is 36.7. The van der Waals surface area contributed by atoms with Gasteiger partial charge in [0, 0.05) is 0 Å². The van der Waals surface area contributed by atoms with Crippen molar-refractivity contribution in [1.82, 2.24) is 0 Å². The molecule has 0 saturated heterocycles. The third-order valence-electron chi connectivity index (χ3n) is 2.86. The molecule has 0 heterocycles. The zero-order chi connectivity index (χ0) is 13.7. The van der Waals surface area contributed by atoms with Crippen molar-refractivity contribution >= 4 is 0 Å². The van der Waals surface area contributed by atoms with E-state index in [0.717, 1.165) is 0 Å². The molecular formula is C14H10N4. The van der Waals surface area contributed by atoms with E-state index in [1.807, 2.05) is 24.3 Å². The van der Waals surface area contributed by atoms with Crippen molar-refractivity contribution in [3.8, 4) is 24.3 Å². The first kappa shape index (κ1) is 13.2. The molecule has 4 nitrogen and oxygen atoms in total. The standard InChI is InChI=1S/C14H10N4/c1-3-9-11(5-15)13(7-17)10(4-2)14(8-18)12(9)6-16/h3-4H2,1-2H3. The van der Waals surface area contributed by atoms with Crippen LogP contribution in [0, 0.1) is 45.3 Å². The van der Waals surface area contributed by atoms with Gasteiger partial charge < -0.3 is 0 Å². The average molecular weight is 234 g/mol. The van der Waals surface area contributed by atoms with Crippen molar-refractivity contribution in [2.24, 2.45) is 0 Å². The van der Waals surface area contributed by atoms with Crippen LogP contribution in [-0.2, 0) is 12.8 Å². The molecule has 18 heavy (non-hydrogen) atoms. The molecule has 4 heteroatoms. The minimum Gasteiger partial charge on any atom is -0.192 e. The SMILES string of the molecule is CCc1c(C#N)c(C#N)c(CC)c(C#N)c1C#N. The Bertz CT molecular complexity index is 545. The molecule has 86 valence electrons. The highest BCUT2D eigenvalue weighted by molar-refractivity contribution is 5.67. The second-order valence-electron chi connectivity index (χ2n) is 3.61. The van der Waals surface area contributed by atoms with Crippen LogP contribution < -0.4 is 0 Å². The second-order valence-corrected chi connectivity index (χ2v) is 3.61. The maximum Gasteiger partial charge on any atom is 0.101 e. The highest BCUT2D eigenvalue weighted by atomic mass is 14.3. The van der Waals surface area contributed by atoms with Gasteiger partial charge in [-0.1, -0.05) is 13.8 Å². The molecule has 0 aromatic heterocycles. The molecule has 0 aliphatic rings. The van der Waals surface area contributed by atoms with E-state index in [1.165, 1.54) is 0 Å². The zero-order valence-corrected chi connectivity index (χ0v) is 10.2. The fourth-order valence-corrected chi connectivity index (χ4v) is 2.05. The normalized spacial score (nSPS) is 8.78. The molecule has 0 atom stereocenters. The van der Waals surface area contributed by atoms with Crippen LogP contribution in [0.4, 0.5) is 0 Å². The van der Waals surface area contributed by atoms with E-state index in [0.29, 0.717) is 24.0 Å². The fourth-order valence-electron chi connectivity index (χ4n) is 2.05. The number of nitriles is 4. The predicted molar refractivity (Wildman–Crippen MR) is 64.1 cm³/mol. The number of rotatable bonds is 2. The molecule has 0 unspecified atom stereocenters. The van der Waals surface area contributed by atoms with Gasteiger partial charge in [0.25, 0.3) is 0 Å². The van der Waals surface area contributed by atoms with Crippen molar-refractivity contribution in [2.75, 3.05) is 0 Å². The van der Waals surface area contributed by atoms with Crippen LogP contribution in [0.25, 0.3) is 0 Å². The Hall–Kier alpha value is -2.82. The van der Waals surface area contributed by atoms with E-state index in [1.54, 1.807) is 13.8 Å². The van der Waals surface area contributed by atoms with E-state index >= 15 is 0 Å². The third-order valence-corrected chi connectivity index (χ3v) is 2.86. The van der Waals surface area contributed by atoms with Gasteiger partial charge >= 0.3 is 0 Å². The Morgan fingerprint density at radius 3 is 0.944 bits per heavy atom. The predicted octanol–water partition coefficient (Wildman–Crippen LogP) is 2.30. The van der Waals surface area contributed by atoms with Crippen LogP contribution in [0.5, 0.6) is 0 Å². The lowest BCUT2D eigenvalue weighted by Gasteiger charge is -2.12. The fraction of sp³-hybridized carbons (Fsp3) is 0.286. The Kier molecular flexibility index (Phi) is 4.04. The monoisotopic (exact) mass is 234 g/mol. The van der Waals surface area contributed by atoms with Gasteiger partial charge in [-0.05, 0) is 24.0 Å².